The Morgan fingerprint density at radius 3 is 2.25 bits per heavy atom. The Hall–Kier alpha value is -1.97. The summed E-state index contributed by atoms with van der Waals surface area (Å²) in [6, 6.07) is 5.52. The second-order valence-electron chi connectivity index (χ2n) is 4.41. The van der Waals surface area contributed by atoms with E-state index in [1.54, 1.807) is 0 Å². The maximum Gasteiger partial charge on any atom is 0.340 e. The van der Waals surface area contributed by atoms with Gasteiger partial charge < -0.3 is 14.2 Å². The minimum absolute atomic E-state index is 0.00372. The van der Waals surface area contributed by atoms with E-state index in [9.17, 15) is 13.2 Å². The minimum Gasteiger partial charge on any atom is -0.493 e. The first kappa shape index (κ1) is 18.4. The zero-order chi connectivity index (χ0) is 17.9. The van der Waals surface area contributed by atoms with Gasteiger partial charge in [0.25, 0.3) is 10.0 Å². The summed E-state index contributed by atoms with van der Waals surface area (Å²) in [5.41, 5.74) is -0.00889. The lowest BCUT2D eigenvalue weighted by Crippen LogP contribution is -2.15. The number of sulfonamides is 1. The fraction of sp³-hybridized carbons (Fsp3) is 0.214. The molecule has 7 nitrogen and oxygen atoms in total. The van der Waals surface area contributed by atoms with Crippen LogP contribution in [-0.4, -0.2) is 35.7 Å². The Bertz CT molecular complexity index is 862. The molecule has 1 aromatic heterocycles. The van der Waals surface area contributed by atoms with Crippen LogP contribution in [0.5, 0.6) is 11.5 Å². The Morgan fingerprint density at radius 2 is 1.75 bits per heavy atom. The molecule has 0 spiro atoms. The van der Waals surface area contributed by atoms with Crippen molar-refractivity contribution in [2.75, 3.05) is 26.1 Å². The van der Waals surface area contributed by atoms with Crippen LogP contribution in [0.4, 0.5) is 5.69 Å². The average Bonchev–Trinajstić information content (AvgIpc) is 3.00. The summed E-state index contributed by atoms with van der Waals surface area (Å²) in [6.07, 6.45) is 0. The molecule has 130 valence electrons. The van der Waals surface area contributed by atoms with Crippen LogP contribution in [0, 0.1) is 0 Å². The summed E-state index contributed by atoms with van der Waals surface area (Å²) in [4.78, 5) is 12.0. The predicted octanol–water partition coefficient (Wildman–Crippen LogP) is 3.01. The van der Waals surface area contributed by atoms with Crippen molar-refractivity contribution in [2.45, 2.75) is 4.21 Å². The molecule has 1 aromatic carbocycles. The Morgan fingerprint density at radius 1 is 1.12 bits per heavy atom. The number of rotatable bonds is 6. The quantitative estimate of drug-likeness (QED) is 0.761. The third-order valence-electron chi connectivity index (χ3n) is 2.99. The summed E-state index contributed by atoms with van der Waals surface area (Å²) >= 11 is 6.67. The highest BCUT2D eigenvalue weighted by atomic mass is 35.5. The lowest BCUT2D eigenvalue weighted by molar-refractivity contribution is 0.0601. The molecule has 24 heavy (non-hydrogen) atoms. The van der Waals surface area contributed by atoms with Gasteiger partial charge in [-0.05, 0) is 12.1 Å². The molecule has 0 bridgehead atoms. The summed E-state index contributed by atoms with van der Waals surface area (Å²) in [6.45, 7) is 0. The molecule has 0 saturated carbocycles. The molecular formula is C14H14ClNO6S2. The third kappa shape index (κ3) is 3.74. The van der Waals surface area contributed by atoms with E-state index in [-0.39, 0.29) is 27.0 Å². The number of halogens is 1. The molecule has 2 aromatic rings. The largest absolute Gasteiger partial charge is 0.493 e. The van der Waals surface area contributed by atoms with Gasteiger partial charge in [-0.3, -0.25) is 4.72 Å². The van der Waals surface area contributed by atoms with Crippen LogP contribution in [0.3, 0.4) is 0 Å². The predicted molar refractivity (Wildman–Crippen MR) is 91.0 cm³/mol. The smallest absolute Gasteiger partial charge is 0.340 e. The van der Waals surface area contributed by atoms with E-state index in [0.717, 1.165) is 11.3 Å². The molecule has 0 amide bonds. The number of hydrogen-bond acceptors (Lipinski definition) is 7. The molecule has 0 radical (unpaired) electrons. The Labute approximate surface area is 148 Å². The van der Waals surface area contributed by atoms with Crippen molar-refractivity contribution in [3.63, 3.8) is 0 Å². The van der Waals surface area contributed by atoms with Crippen molar-refractivity contribution in [1.82, 2.24) is 0 Å². The van der Waals surface area contributed by atoms with E-state index >= 15 is 0 Å². The first-order valence-corrected chi connectivity index (χ1v) is 9.12. The molecule has 0 atom stereocenters. The van der Waals surface area contributed by atoms with Crippen molar-refractivity contribution in [3.8, 4) is 11.5 Å². The number of esters is 1. The molecular weight excluding hydrogens is 378 g/mol. The van der Waals surface area contributed by atoms with Gasteiger partial charge in [0.2, 0.25) is 0 Å². The monoisotopic (exact) mass is 391 g/mol. The van der Waals surface area contributed by atoms with Crippen molar-refractivity contribution in [2.24, 2.45) is 0 Å². The second kappa shape index (κ2) is 7.29. The lowest BCUT2D eigenvalue weighted by Gasteiger charge is -2.15. The summed E-state index contributed by atoms with van der Waals surface area (Å²) in [5.74, 6) is -0.204. The highest BCUT2D eigenvalue weighted by Crippen LogP contribution is 2.35. The van der Waals surface area contributed by atoms with Crippen molar-refractivity contribution >= 4 is 44.6 Å². The van der Waals surface area contributed by atoms with Gasteiger partial charge in [0.15, 0.2) is 11.5 Å². The summed E-state index contributed by atoms with van der Waals surface area (Å²) < 4.78 is 42.5. The van der Waals surface area contributed by atoms with Gasteiger partial charge in [-0.25, -0.2) is 13.2 Å². The number of carbonyl (C=O) groups is 1. The van der Waals surface area contributed by atoms with E-state index in [4.69, 9.17) is 21.1 Å². The fourth-order valence-corrected chi connectivity index (χ4v) is 4.43. The van der Waals surface area contributed by atoms with Gasteiger partial charge in [0.1, 0.15) is 4.21 Å². The van der Waals surface area contributed by atoms with Crippen LogP contribution in [0.2, 0.25) is 4.34 Å². The molecule has 0 unspecified atom stereocenters. The highest BCUT2D eigenvalue weighted by Gasteiger charge is 2.23. The number of thiophene rings is 1. The SMILES string of the molecule is COC(=O)c1cc(OC)c(OC)cc1NS(=O)(=O)c1ccc(Cl)s1. The van der Waals surface area contributed by atoms with E-state index in [1.165, 1.54) is 45.6 Å². The molecule has 0 aliphatic heterocycles. The molecule has 1 N–H and O–H groups in total. The van der Waals surface area contributed by atoms with Gasteiger partial charge in [-0.15, -0.1) is 11.3 Å². The van der Waals surface area contributed by atoms with Crippen LogP contribution in [-0.2, 0) is 14.8 Å². The third-order valence-corrected chi connectivity index (χ3v) is 6.08. The maximum atomic E-state index is 12.4. The molecule has 10 heteroatoms. The van der Waals surface area contributed by atoms with Crippen molar-refractivity contribution in [3.05, 3.63) is 34.2 Å². The number of ether oxygens (including phenoxy) is 3. The summed E-state index contributed by atoms with van der Waals surface area (Å²) in [5, 5.41) is 0. The molecule has 0 saturated heterocycles. The topological polar surface area (TPSA) is 90.9 Å². The molecule has 1 heterocycles. The number of benzene rings is 1. The zero-order valence-electron chi connectivity index (χ0n) is 13.0. The van der Waals surface area contributed by atoms with E-state index in [2.05, 4.69) is 9.46 Å². The van der Waals surface area contributed by atoms with Gasteiger partial charge in [0, 0.05) is 12.1 Å². The van der Waals surface area contributed by atoms with E-state index < -0.39 is 16.0 Å². The first-order chi connectivity index (χ1) is 11.3. The minimum atomic E-state index is -3.92. The van der Waals surface area contributed by atoms with Crippen molar-refractivity contribution in [1.29, 1.82) is 0 Å². The zero-order valence-corrected chi connectivity index (χ0v) is 15.3. The first-order valence-electron chi connectivity index (χ1n) is 6.45. The molecule has 2 rings (SSSR count). The molecule has 0 aliphatic rings. The van der Waals surface area contributed by atoms with Crippen molar-refractivity contribution < 1.29 is 27.4 Å². The van der Waals surface area contributed by atoms with Gasteiger partial charge in [-0.2, -0.15) is 0 Å². The number of methoxy groups -OCH3 is 3. The van der Waals surface area contributed by atoms with Crippen LogP contribution in [0.25, 0.3) is 0 Å². The number of nitrogens with one attached hydrogen (secondary N) is 1. The molecule has 0 aliphatic carbocycles. The van der Waals surface area contributed by atoms with Crippen LogP contribution < -0.4 is 14.2 Å². The molecule has 0 fully saturated rings. The standard InChI is InChI=1S/C14H14ClNO6S2/c1-20-10-6-8(14(17)22-3)9(7-11(10)21-2)16-24(18,19)13-5-4-12(15)23-13/h4-7,16H,1-3H3. The Kier molecular flexibility index (Phi) is 5.58. The van der Waals surface area contributed by atoms with Crippen LogP contribution >= 0.6 is 22.9 Å². The van der Waals surface area contributed by atoms with Crippen LogP contribution in [0.1, 0.15) is 10.4 Å². The second-order valence-corrected chi connectivity index (χ2v) is 8.03. The average molecular weight is 392 g/mol. The Balaban J connectivity index is 2.53. The van der Waals surface area contributed by atoms with E-state index in [0.29, 0.717) is 4.34 Å². The van der Waals surface area contributed by atoms with Gasteiger partial charge in [-0.1, -0.05) is 11.6 Å². The summed E-state index contributed by atoms with van der Waals surface area (Å²) in [7, 11) is 0.0645. The van der Waals surface area contributed by atoms with E-state index in [1.807, 2.05) is 0 Å². The highest BCUT2D eigenvalue weighted by molar-refractivity contribution is 7.94. The lowest BCUT2D eigenvalue weighted by atomic mass is 10.1. The van der Waals surface area contributed by atoms with Crippen LogP contribution in [0.15, 0.2) is 28.5 Å². The van der Waals surface area contributed by atoms with Gasteiger partial charge >= 0.3 is 5.97 Å². The normalized spacial score (nSPS) is 11.0. The number of carbonyl (C=O) groups excluding carboxylic acids is 1. The van der Waals surface area contributed by atoms with Gasteiger partial charge in [0.05, 0.1) is 36.9 Å². The number of anilines is 1. The number of hydrogen-bond donors (Lipinski definition) is 1. The fourth-order valence-electron chi connectivity index (χ4n) is 1.88. The maximum absolute atomic E-state index is 12.4.